The highest BCUT2D eigenvalue weighted by atomic mass is 35.5. The zero-order chi connectivity index (χ0) is 25.7. The smallest absolute Gasteiger partial charge is 0.280 e. The van der Waals surface area contributed by atoms with Crippen LogP contribution < -0.4 is 19.8 Å². The molecule has 1 heterocycles. The zero-order valence-corrected chi connectivity index (χ0v) is 20.2. The molecular formula is C27H21ClN4O4. The maximum absolute atomic E-state index is 13.0. The molecule has 0 spiro atoms. The number of hydrogen-bond acceptors (Lipinski definition) is 6. The molecule has 36 heavy (non-hydrogen) atoms. The van der Waals surface area contributed by atoms with Gasteiger partial charge in [0.2, 0.25) is 0 Å². The van der Waals surface area contributed by atoms with E-state index in [1.165, 1.54) is 12.1 Å². The summed E-state index contributed by atoms with van der Waals surface area (Å²) >= 11 is 6.07. The van der Waals surface area contributed by atoms with Crippen LogP contribution in [0.3, 0.4) is 0 Å². The highest BCUT2D eigenvalue weighted by molar-refractivity contribution is 6.33. The second-order valence-corrected chi connectivity index (χ2v) is 8.15. The molecule has 0 bridgehead atoms. The second kappa shape index (κ2) is 10.8. The van der Waals surface area contributed by atoms with Crippen molar-refractivity contribution in [2.45, 2.75) is 6.92 Å². The summed E-state index contributed by atoms with van der Waals surface area (Å²) in [5.41, 5.74) is 3.24. The minimum Gasteiger partial charge on any atom is -0.493 e. The van der Waals surface area contributed by atoms with Crippen molar-refractivity contribution in [3.63, 3.8) is 0 Å². The Labute approximate surface area is 213 Å². The molecule has 0 aliphatic carbocycles. The number of anilines is 2. The number of nitrogens with zero attached hydrogens (tertiary/aromatic N) is 3. The van der Waals surface area contributed by atoms with E-state index in [1.54, 1.807) is 79.7 Å². The van der Waals surface area contributed by atoms with E-state index in [0.717, 1.165) is 0 Å². The molecule has 1 aliphatic rings. The molecule has 0 radical (unpaired) electrons. The molecule has 1 N–H and O–H groups in total. The Hall–Kier alpha value is -4.61. The molecule has 0 saturated heterocycles. The van der Waals surface area contributed by atoms with Crippen molar-refractivity contribution in [2.24, 2.45) is 5.10 Å². The van der Waals surface area contributed by atoms with Crippen LogP contribution in [-0.2, 0) is 9.59 Å². The maximum atomic E-state index is 13.0. The number of carbonyl (C=O) groups excluding carboxylic acids is 2. The summed E-state index contributed by atoms with van der Waals surface area (Å²) in [6.07, 6.45) is 1.71. The third-order valence-electron chi connectivity index (χ3n) is 5.31. The van der Waals surface area contributed by atoms with Crippen LogP contribution in [0.4, 0.5) is 11.4 Å². The van der Waals surface area contributed by atoms with Crippen LogP contribution in [0, 0.1) is 11.3 Å². The Morgan fingerprint density at radius 1 is 1.14 bits per heavy atom. The van der Waals surface area contributed by atoms with Gasteiger partial charge in [0.25, 0.3) is 11.8 Å². The standard InChI is InChI=1S/C27H21ClN4O4/c1-17-21(27(34)32(31-17)20-10-7-18(15-29)8-11-20)13-19-9-12-24(25(14-19)35-2)36-16-26(33)30-23-6-4-3-5-22(23)28/h3-14H,16H2,1-2H3,(H,30,33)/b21-13-. The predicted octanol–water partition coefficient (Wildman–Crippen LogP) is 5.04. The second-order valence-electron chi connectivity index (χ2n) is 7.75. The van der Waals surface area contributed by atoms with Gasteiger partial charge in [-0.25, -0.2) is 0 Å². The zero-order valence-electron chi connectivity index (χ0n) is 19.5. The normalized spacial score (nSPS) is 13.8. The molecule has 9 heteroatoms. The third-order valence-corrected chi connectivity index (χ3v) is 5.64. The Balaban J connectivity index is 1.47. The molecular weight excluding hydrogens is 480 g/mol. The first-order valence-corrected chi connectivity index (χ1v) is 11.2. The van der Waals surface area contributed by atoms with Crippen LogP contribution >= 0.6 is 11.6 Å². The van der Waals surface area contributed by atoms with Gasteiger partial charge in [0.1, 0.15) is 0 Å². The van der Waals surface area contributed by atoms with Crippen molar-refractivity contribution in [1.82, 2.24) is 0 Å². The van der Waals surface area contributed by atoms with E-state index >= 15 is 0 Å². The minimum absolute atomic E-state index is 0.244. The Morgan fingerprint density at radius 2 is 1.89 bits per heavy atom. The average molecular weight is 501 g/mol. The summed E-state index contributed by atoms with van der Waals surface area (Å²) in [7, 11) is 1.49. The quantitative estimate of drug-likeness (QED) is 0.457. The van der Waals surface area contributed by atoms with Gasteiger partial charge < -0.3 is 14.8 Å². The summed E-state index contributed by atoms with van der Waals surface area (Å²) in [4.78, 5) is 25.3. The lowest BCUT2D eigenvalue weighted by Gasteiger charge is -2.13. The van der Waals surface area contributed by atoms with Crippen LogP contribution in [-0.4, -0.2) is 31.2 Å². The van der Waals surface area contributed by atoms with Gasteiger partial charge in [-0.3, -0.25) is 9.59 Å². The number of ether oxygens (including phenoxy) is 2. The van der Waals surface area contributed by atoms with Crippen LogP contribution in [0.5, 0.6) is 11.5 Å². The Bertz CT molecular complexity index is 1420. The molecule has 0 aromatic heterocycles. The van der Waals surface area contributed by atoms with Crippen LogP contribution in [0.1, 0.15) is 18.1 Å². The van der Waals surface area contributed by atoms with Crippen LogP contribution in [0.25, 0.3) is 6.08 Å². The third kappa shape index (κ3) is 5.37. The van der Waals surface area contributed by atoms with Gasteiger partial charge in [-0.2, -0.15) is 15.4 Å². The number of hydrogen-bond donors (Lipinski definition) is 1. The van der Waals surface area contributed by atoms with Crippen LogP contribution in [0.15, 0.2) is 77.4 Å². The number of nitriles is 1. The molecule has 0 fully saturated rings. The fraction of sp³-hybridized carbons (Fsp3) is 0.111. The van der Waals surface area contributed by atoms with E-state index in [4.69, 9.17) is 26.3 Å². The number of halogens is 1. The number of hydrazone groups is 1. The fourth-order valence-electron chi connectivity index (χ4n) is 3.49. The first kappa shape index (κ1) is 24.5. The molecule has 180 valence electrons. The number of nitrogens with one attached hydrogen (secondary N) is 1. The van der Waals surface area contributed by atoms with Gasteiger partial charge in [-0.15, -0.1) is 0 Å². The molecule has 8 nitrogen and oxygen atoms in total. The van der Waals surface area contributed by atoms with E-state index < -0.39 is 0 Å². The Kier molecular flexibility index (Phi) is 7.33. The van der Waals surface area contributed by atoms with E-state index in [-0.39, 0.29) is 18.4 Å². The number of carbonyl (C=O) groups is 2. The van der Waals surface area contributed by atoms with Crippen molar-refractivity contribution >= 4 is 46.6 Å². The van der Waals surface area contributed by atoms with E-state index in [9.17, 15) is 9.59 Å². The first-order valence-electron chi connectivity index (χ1n) is 10.9. The van der Waals surface area contributed by atoms with Crippen molar-refractivity contribution in [1.29, 1.82) is 5.26 Å². The van der Waals surface area contributed by atoms with E-state index in [1.807, 2.05) is 6.07 Å². The van der Waals surface area contributed by atoms with Crippen LogP contribution in [0.2, 0.25) is 5.02 Å². The van der Waals surface area contributed by atoms with Crippen molar-refractivity contribution in [2.75, 3.05) is 24.0 Å². The van der Waals surface area contributed by atoms with Gasteiger partial charge in [-0.1, -0.05) is 29.8 Å². The number of amides is 2. The summed E-state index contributed by atoms with van der Waals surface area (Å²) < 4.78 is 11.1. The largest absolute Gasteiger partial charge is 0.493 e. The van der Waals surface area contributed by atoms with Crippen molar-refractivity contribution in [3.05, 3.63) is 88.5 Å². The Morgan fingerprint density at radius 3 is 2.58 bits per heavy atom. The molecule has 0 atom stereocenters. The fourth-order valence-corrected chi connectivity index (χ4v) is 3.67. The molecule has 0 unspecified atom stereocenters. The lowest BCUT2D eigenvalue weighted by atomic mass is 10.1. The van der Waals surface area contributed by atoms with Gasteiger partial charge in [0, 0.05) is 0 Å². The highest BCUT2D eigenvalue weighted by Gasteiger charge is 2.28. The van der Waals surface area contributed by atoms with Gasteiger partial charge in [0.15, 0.2) is 18.1 Å². The first-order chi connectivity index (χ1) is 17.4. The maximum Gasteiger partial charge on any atom is 0.280 e. The number of rotatable bonds is 7. The van der Waals surface area contributed by atoms with E-state index in [0.29, 0.717) is 50.3 Å². The summed E-state index contributed by atoms with van der Waals surface area (Å²) in [5, 5.41) is 17.8. The number of methoxy groups -OCH3 is 1. The predicted molar refractivity (Wildman–Crippen MR) is 138 cm³/mol. The summed E-state index contributed by atoms with van der Waals surface area (Å²) in [6.45, 7) is 1.51. The molecule has 0 saturated carbocycles. The monoisotopic (exact) mass is 500 g/mol. The van der Waals surface area contributed by atoms with Crippen molar-refractivity contribution in [3.8, 4) is 17.6 Å². The highest BCUT2D eigenvalue weighted by Crippen LogP contribution is 2.31. The van der Waals surface area contributed by atoms with Gasteiger partial charge >= 0.3 is 0 Å². The summed E-state index contributed by atoms with van der Waals surface area (Å²) in [5.74, 6) is 0.116. The molecule has 3 aromatic carbocycles. The lowest BCUT2D eigenvalue weighted by Crippen LogP contribution is -2.21. The summed E-state index contributed by atoms with van der Waals surface area (Å²) in [6, 6.07) is 20.7. The van der Waals surface area contributed by atoms with Crippen molar-refractivity contribution < 1.29 is 19.1 Å². The number of para-hydroxylation sites is 1. The minimum atomic E-state index is -0.373. The number of benzene rings is 3. The average Bonchev–Trinajstić information content (AvgIpc) is 3.17. The van der Waals surface area contributed by atoms with Gasteiger partial charge in [-0.05, 0) is 67.1 Å². The van der Waals surface area contributed by atoms with E-state index in [2.05, 4.69) is 10.4 Å². The molecule has 2 amide bonds. The lowest BCUT2D eigenvalue weighted by molar-refractivity contribution is -0.118. The molecule has 1 aliphatic heterocycles. The SMILES string of the molecule is COc1cc(/C=C2\C(=O)N(c3ccc(C#N)cc3)N=C2C)ccc1OCC(=O)Nc1ccccc1Cl. The molecule has 3 aromatic rings. The topological polar surface area (TPSA) is 104 Å². The molecule has 4 rings (SSSR count). The van der Waals surface area contributed by atoms with Gasteiger partial charge in [0.05, 0.1) is 46.4 Å².